The number of aryl methyl sites for hydroxylation is 1. The largest absolute Gasteiger partial charge is 0.491 e. The fraction of sp³-hybridized carbons (Fsp3) is 0.174. The smallest absolute Gasteiger partial charge is 0.416 e. The topological polar surface area (TPSA) is 90.7 Å². The highest BCUT2D eigenvalue weighted by Gasteiger charge is 2.33. The summed E-state index contributed by atoms with van der Waals surface area (Å²) in [5, 5.41) is 13.9. The highest BCUT2D eigenvalue weighted by molar-refractivity contribution is 5.94. The van der Waals surface area contributed by atoms with E-state index in [1.807, 2.05) is 31.2 Å². The van der Waals surface area contributed by atoms with Crippen LogP contribution in [0, 0.1) is 17.0 Å². The molecule has 10 heteroatoms. The lowest BCUT2D eigenvalue weighted by Gasteiger charge is -2.11. The van der Waals surface area contributed by atoms with Gasteiger partial charge in [-0.2, -0.15) is 13.2 Å². The van der Waals surface area contributed by atoms with Crippen molar-refractivity contribution in [1.29, 1.82) is 0 Å². The molecule has 33 heavy (non-hydrogen) atoms. The number of carbonyl (C=O) groups excluding carboxylic acids is 1. The maximum absolute atomic E-state index is 12.8. The molecule has 3 aromatic rings. The third kappa shape index (κ3) is 6.22. The minimum Gasteiger partial charge on any atom is -0.491 e. The van der Waals surface area contributed by atoms with Crippen LogP contribution in [-0.4, -0.2) is 24.0 Å². The number of hydrogen-bond donors (Lipinski definition) is 1. The molecule has 3 rings (SSSR count). The minimum absolute atomic E-state index is 0.122. The van der Waals surface area contributed by atoms with E-state index in [1.165, 1.54) is 24.3 Å². The van der Waals surface area contributed by atoms with Crippen LogP contribution in [0.5, 0.6) is 17.2 Å². The van der Waals surface area contributed by atoms with E-state index in [9.17, 15) is 28.1 Å². The van der Waals surface area contributed by atoms with Gasteiger partial charge in [-0.3, -0.25) is 14.9 Å². The van der Waals surface area contributed by atoms with E-state index in [0.29, 0.717) is 17.7 Å². The van der Waals surface area contributed by atoms with Gasteiger partial charge in [-0.05, 0) is 55.0 Å². The van der Waals surface area contributed by atoms with E-state index >= 15 is 0 Å². The number of nitro benzene ring substituents is 1. The van der Waals surface area contributed by atoms with Crippen LogP contribution in [0.25, 0.3) is 0 Å². The van der Waals surface area contributed by atoms with E-state index in [2.05, 4.69) is 5.32 Å². The molecule has 0 aliphatic rings. The summed E-state index contributed by atoms with van der Waals surface area (Å²) in [5.74, 6) is 0.136. The van der Waals surface area contributed by atoms with Gasteiger partial charge in [0, 0.05) is 11.6 Å². The zero-order chi connectivity index (χ0) is 24.0. The quantitative estimate of drug-likeness (QED) is 0.271. The molecular formula is C23H19F3N2O5. The fourth-order valence-corrected chi connectivity index (χ4v) is 2.87. The first kappa shape index (κ1) is 23.6. The number of nitrogens with zero attached hydrogens (tertiary/aromatic N) is 1. The van der Waals surface area contributed by atoms with Crippen molar-refractivity contribution in [2.75, 3.05) is 13.2 Å². The molecule has 0 saturated heterocycles. The summed E-state index contributed by atoms with van der Waals surface area (Å²) in [6.07, 6.45) is -4.72. The van der Waals surface area contributed by atoms with Crippen LogP contribution in [0.2, 0.25) is 0 Å². The Hall–Kier alpha value is -4.08. The van der Waals surface area contributed by atoms with E-state index in [0.717, 1.165) is 17.4 Å². The van der Waals surface area contributed by atoms with Crippen molar-refractivity contribution in [3.63, 3.8) is 0 Å². The monoisotopic (exact) mass is 460 g/mol. The summed E-state index contributed by atoms with van der Waals surface area (Å²) in [6.45, 7) is 2.45. The second-order valence-electron chi connectivity index (χ2n) is 6.93. The Balaban J connectivity index is 1.59. The van der Waals surface area contributed by atoms with Crippen molar-refractivity contribution < 1.29 is 32.4 Å². The highest BCUT2D eigenvalue weighted by atomic mass is 19.4. The van der Waals surface area contributed by atoms with Crippen molar-refractivity contribution in [1.82, 2.24) is 5.32 Å². The summed E-state index contributed by atoms with van der Waals surface area (Å²) < 4.78 is 49.4. The average Bonchev–Trinajstić information content (AvgIpc) is 2.77. The van der Waals surface area contributed by atoms with E-state index in [1.54, 1.807) is 0 Å². The van der Waals surface area contributed by atoms with Crippen LogP contribution in [-0.2, 0) is 6.18 Å². The Morgan fingerprint density at radius 2 is 1.73 bits per heavy atom. The number of benzene rings is 3. The lowest BCUT2D eigenvalue weighted by molar-refractivity contribution is -0.385. The second kappa shape index (κ2) is 10.0. The molecule has 0 unspecified atom stereocenters. The molecular weight excluding hydrogens is 441 g/mol. The second-order valence-corrected chi connectivity index (χ2v) is 6.93. The molecule has 0 radical (unpaired) electrons. The number of halogens is 3. The van der Waals surface area contributed by atoms with Crippen molar-refractivity contribution in [2.24, 2.45) is 0 Å². The number of hydrogen-bond acceptors (Lipinski definition) is 5. The molecule has 0 heterocycles. The molecule has 0 bridgehead atoms. The maximum Gasteiger partial charge on any atom is 0.416 e. The van der Waals surface area contributed by atoms with Gasteiger partial charge in [0.1, 0.15) is 18.1 Å². The number of ether oxygens (including phenoxy) is 2. The Kier molecular flexibility index (Phi) is 7.17. The Bertz CT molecular complexity index is 1150. The third-order valence-corrected chi connectivity index (χ3v) is 4.57. The van der Waals surface area contributed by atoms with E-state index < -0.39 is 22.4 Å². The van der Waals surface area contributed by atoms with Crippen molar-refractivity contribution >= 4 is 11.6 Å². The molecule has 1 N–H and O–H groups in total. The predicted octanol–water partition coefficient (Wildman–Crippen LogP) is 5.52. The van der Waals surface area contributed by atoms with Gasteiger partial charge >= 0.3 is 11.9 Å². The Morgan fingerprint density at radius 1 is 1.03 bits per heavy atom. The van der Waals surface area contributed by atoms with Gasteiger partial charge in [0.05, 0.1) is 17.0 Å². The Labute approximate surface area is 186 Å². The van der Waals surface area contributed by atoms with Gasteiger partial charge < -0.3 is 14.8 Å². The van der Waals surface area contributed by atoms with Crippen molar-refractivity contribution in [2.45, 2.75) is 13.1 Å². The molecule has 0 spiro atoms. The lowest BCUT2D eigenvalue weighted by atomic mass is 10.1. The number of rotatable bonds is 8. The number of para-hydroxylation sites is 1. The maximum atomic E-state index is 12.8. The predicted molar refractivity (Wildman–Crippen MR) is 114 cm³/mol. The number of carbonyl (C=O) groups is 1. The zero-order valence-electron chi connectivity index (χ0n) is 17.4. The van der Waals surface area contributed by atoms with Crippen molar-refractivity contribution in [3.05, 3.63) is 93.5 Å². The molecule has 1 amide bonds. The van der Waals surface area contributed by atoms with Gasteiger partial charge in [-0.1, -0.05) is 18.2 Å². The van der Waals surface area contributed by atoms with E-state index in [-0.39, 0.29) is 30.6 Å². The van der Waals surface area contributed by atoms with Gasteiger partial charge in [-0.15, -0.1) is 0 Å². The summed E-state index contributed by atoms with van der Waals surface area (Å²) in [6, 6.07) is 15.1. The number of amides is 1. The molecule has 0 atom stereocenters. The Morgan fingerprint density at radius 3 is 2.36 bits per heavy atom. The molecule has 3 aromatic carbocycles. The number of nitrogens with one attached hydrogen (secondary N) is 1. The van der Waals surface area contributed by atoms with Crippen LogP contribution in [0.4, 0.5) is 18.9 Å². The van der Waals surface area contributed by atoms with Crippen LogP contribution < -0.4 is 14.8 Å². The molecule has 0 aliphatic heterocycles. The first-order valence-corrected chi connectivity index (χ1v) is 9.75. The highest BCUT2D eigenvalue weighted by Crippen LogP contribution is 2.37. The minimum atomic E-state index is -4.72. The molecule has 0 fully saturated rings. The normalized spacial score (nSPS) is 11.0. The average molecular weight is 460 g/mol. The summed E-state index contributed by atoms with van der Waals surface area (Å²) in [5.41, 5.74) is -0.687. The number of alkyl halides is 3. The summed E-state index contributed by atoms with van der Waals surface area (Å²) in [7, 11) is 0. The van der Waals surface area contributed by atoms with Crippen LogP contribution in [0.15, 0.2) is 66.7 Å². The molecule has 172 valence electrons. The summed E-state index contributed by atoms with van der Waals surface area (Å²) >= 11 is 0. The van der Waals surface area contributed by atoms with E-state index in [4.69, 9.17) is 9.47 Å². The van der Waals surface area contributed by atoms with Crippen LogP contribution in [0.3, 0.4) is 0 Å². The SMILES string of the molecule is Cc1ccccc1OCCNC(=O)c1ccc(Oc2ccc(C(F)(F)F)cc2[N+](=O)[O-])cc1. The van der Waals surface area contributed by atoms with Gasteiger partial charge in [0.25, 0.3) is 5.91 Å². The summed E-state index contributed by atoms with van der Waals surface area (Å²) in [4.78, 5) is 22.5. The van der Waals surface area contributed by atoms with Gasteiger partial charge in [-0.25, -0.2) is 0 Å². The molecule has 7 nitrogen and oxygen atoms in total. The fourth-order valence-electron chi connectivity index (χ4n) is 2.87. The molecule has 0 aromatic heterocycles. The lowest BCUT2D eigenvalue weighted by Crippen LogP contribution is -2.28. The van der Waals surface area contributed by atoms with Crippen molar-refractivity contribution in [3.8, 4) is 17.2 Å². The van der Waals surface area contributed by atoms with Crippen LogP contribution >= 0.6 is 0 Å². The molecule has 0 aliphatic carbocycles. The standard InChI is InChI=1S/C23H19F3N2O5/c1-15-4-2-3-5-20(15)32-13-12-27-22(29)16-6-9-18(10-7-16)33-21-11-8-17(23(24,25)26)14-19(21)28(30)31/h2-11,14H,12-13H2,1H3,(H,27,29). The first-order chi connectivity index (χ1) is 15.6. The van der Waals surface area contributed by atoms with Gasteiger partial charge in [0.15, 0.2) is 0 Å². The number of nitro groups is 1. The van der Waals surface area contributed by atoms with Crippen LogP contribution in [0.1, 0.15) is 21.5 Å². The zero-order valence-corrected chi connectivity index (χ0v) is 17.4. The molecule has 0 saturated carbocycles. The first-order valence-electron chi connectivity index (χ1n) is 9.75. The third-order valence-electron chi connectivity index (χ3n) is 4.57. The van der Waals surface area contributed by atoms with Gasteiger partial charge in [0.2, 0.25) is 5.75 Å².